The molecule has 1 aliphatic heterocycles. The second-order valence-corrected chi connectivity index (χ2v) is 12.5. The van der Waals surface area contributed by atoms with Crippen LogP contribution in [0.4, 0.5) is 20.3 Å². The highest BCUT2D eigenvalue weighted by molar-refractivity contribution is 7.98. The molecule has 234 valence electrons. The van der Waals surface area contributed by atoms with E-state index < -0.39 is 11.6 Å². The first-order valence-electron chi connectivity index (χ1n) is 14.9. The highest BCUT2D eigenvalue weighted by Gasteiger charge is 2.30. The van der Waals surface area contributed by atoms with Gasteiger partial charge in [0, 0.05) is 36.5 Å². The van der Waals surface area contributed by atoms with E-state index in [0.29, 0.717) is 29.5 Å². The van der Waals surface area contributed by atoms with E-state index >= 15 is 8.78 Å². The molecule has 2 heterocycles. The van der Waals surface area contributed by atoms with Gasteiger partial charge in [-0.05, 0) is 62.2 Å². The molecule has 3 aromatic rings. The molecule has 1 unspecified atom stereocenters. The Balaban J connectivity index is 1.99. The lowest BCUT2D eigenvalue weighted by Gasteiger charge is -2.40. The van der Waals surface area contributed by atoms with Gasteiger partial charge in [0.25, 0.3) is 0 Å². The van der Waals surface area contributed by atoms with Crippen molar-refractivity contribution < 1.29 is 13.5 Å². The van der Waals surface area contributed by atoms with Crippen molar-refractivity contribution in [3.8, 4) is 17.0 Å². The molecule has 44 heavy (non-hydrogen) atoms. The number of amidine groups is 1. The number of hydrogen-bond acceptors (Lipinski definition) is 6. The molecule has 0 spiro atoms. The second-order valence-electron chi connectivity index (χ2n) is 11.7. The van der Waals surface area contributed by atoms with Crippen LogP contribution >= 0.6 is 11.8 Å². The van der Waals surface area contributed by atoms with E-state index in [1.807, 2.05) is 26.2 Å². The first-order chi connectivity index (χ1) is 21.0. The molecule has 9 heteroatoms. The zero-order chi connectivity index (χ0) is 32.1. The molecule has 1 aliphatic rings. The van der Waals surface area contributed by atoms with Crippen LogP contribution in [0.1, 0.15) is 51.7 Å². The summed E-state index contributed by atoms with van der Waals surface area (Å²) < 4.78 is 37.7. The number of likely N-dealkylation sites (N-methyl/N-ethyl adjacent to an activating group) is 1. The fraction of sp³-hybridized carbons (Fsp3) is 0.371. The van der Waals surface area contributed by atoms with Crippen LogP contribution in [0, 0.1) is 17.6 Å². The quantitative estimate of drug-likeness (QED) is 0.106. The Labute approximate surface area is 264 Å². The number of ether oxygens (including phenoxy) is 1. The average Bonchev–Trinajstić information content (AvgIpc) is 2.97. The smallest absolute Gasteiger partial charge is 0.150 e. The summed E-state index contributed by atoms with van der Waals surface area (Å²) in [5, 5.41) is 3.09. The largest absolute Gasteiger partial charge is 0.461 e. The number of nitrogens with one attached hydrogen (secondary N) is 1. The Morgan fingerprint density at radius 3 is 2.50 bits per heavy atom. The number of aromatic nitrogens is 1. The van der Waals surface area contributed by atoms with E-state index in [-0.39, 0.29) is 34.9 Å². The van der Waals surface area contributed by atoms with Crippen LogP contribution in [-0.4, -0.2) is 59.6 Å². The van der Waals surface area contributed by atoms with Gasteiger partial charge in [-0.1, -0.05) is 59.1 Å². The van der Waals surface area contributed by atoms with E-state index in [0.717, 1.165) is 29.2 Å². The number of pyridine rings is 1. The third-order valence-corrected chi connectivity index (χ3v) is 8.51. The van der Waals surface area contributed by atoms with E-state index in [9.17, 15) is 0 Å². The summed E-state index contributed by atoms with van der Waals surface area (Å²) in [4.78, 5) is 15.5. The topological polar surface area (TPSA) is 53.0 Å². The summed E-state index contributed by atoms with van der Waals surface area (Å²) in [5.41, 5.74) is 2.14. The van der Waals surface area contributed by atoms with Gasteiger partial charge in [-0.3, -0.25) is 0 Å². The van der Waals surface area contributed by atoms with Gasteiger partial charge in [-0.25, -0.2) is 18.8 Å². The first kappa shape index (κ1) is 33.2. The van der Waals surface area contributed by atoms with Crippen LogP contribution in [0.15, 0.2) is 77.5 Å². The number of aliphatic imine (C=N–C) groups is 1. The van der Waals surface area contributed by atoms with Crippen molar-refractivity contribution in [2.45, 2.75) is 51.5 Å². The number of anilines is 1. The summed E-state index contributed by atoms with van der Waals surface area (Å²) in [6.45, 7) is 20.4. The molecule has 1 fully saturated rings. The van der Waals surface area contributed by atoms with Crippen molar-refractivity contribution >= 4 is 29.1 Å². The predicted molar refractivity (Wildman–Crippen MR) is 180 cm³/mol. The SMILES string of the molecule is C=CNc1nc(-c2c(F)cccc2OC(=C)C(C)C)c(F)cc1C(=Nc1c(SC)cccc1C(C)C)N1CCN(C)CC1C. The molecule has 0 bridgehead atoms. The van der Waals surface area contributed by atoms with E-state index in [1.165, 1.54) is 24.4 Å². The number of benzene rings is 2. The van der Waals surface area contributed by atoms with Crippen molar-refractivity contribution in [2.24, 2.45) is 10.9 Å². The zero-order valence-corrected chi connectivity index (χ0v) is 27.6. The molecule has 1 saturated heterocycles. The summed E-state index contributed by atoms with van der Waals surface area (Å²) in [6, 6.07) is 12.0. The summed E-state index contributed by atoms with van der Waals surface area (Å²) in [5.74, 6) is 0.329. The summed E-state index contributed by atoms with van der Waals surface area (Å²) >= 11 is 1.62. The van der Waals surface area contributed by atoms with Crippen LogP contribution < -0.4 is 10.1 Å². The number of piperazine rings is 1. The minimum absolute atomic E-state index is 0.0199. The van der Waals surface area contributed by atoms with Gasteiger partial charge in [0.05, 0.1) is 22.6 Å². The number of halogens is 2. The third kappa shape index (κ3) is 7.16. The molecule has 1 atom stereocenters. The second kappa shape index (κ2) is 14.4. The van der Waals surface area contributed by atoms with Crippen molar-refractivity contribution in [1.29, 1.82) is 0 Å². The highest BCUT2D eigenvalue weighted by atomic mass is 32.2. The van der Waals surface area contributed by atoms with Gasteiger partial charge < -0.3 is 19.9 Å². The van der Waals surface area contributed by atoms with Gasteiger partial charge in [-0.15, -0.1) is 11.8 Å². The van der Waals surface area contributed by atoms with Gasteiger partial charge in [0.1, 0.15) is 28.9 Å². The minimum Gasteiger partial charge on any atom is -0.461 e. The number of allylic oxidation sites excluding steroid dienone is 1. The number of nitrogens with zero attached hydrogens (tertiary/aromatic N) is 4. The van der Waals surface area contributed by atoms with Crippen molar-refractivity contribution in [3.63, 3.8) is 0 Å². The summed E-state index contributed by atoms with van der Waals surface area (Å²) in [6.07, 6.45) is 3.51. The van der Waals surface area contributed by atoms with Gasteiger partial charge in [0.15, 0.2) is 5.82 Å². The molecule has 0 radical (unpaired) electrons. The van der Waals surface area contributed by atoms with Crippen LogP contribution in [0.5, 0.6) is 5.75 Å². The number of thioether (sulfide) groups is 1. The van der Waals surface area contributed by atoms with E-state index in [2.05, 4.69) is 73.2 Å². The number of hydrogen-bond donors (Lipinski definition) is 1. The molecular weight excluding hydrogens is 576 g/mol. The Kier molecular flexibility index (Phi) is 10.9. The van der Waals surface area contributed by atoms with Gasteiger partial charge in [0.2, 0.25) is 0 Å². The molecule has 0 amide bonds. The molecule has 0 aliphatic carbocycles. The molecule has 0 saturated carbocycles. The standard InChI is InChI=1S/C35H43F2N5OS/c1-10-38-34-26(19-28(37)33(39-34)31-27(36)14-12-15-29(31)43-24(7)21(2)3)35(42-18-17-41(8)20-23(42)6)40-32-25(22(4)5)13-11-16-30(32)44-9/h10-16,19,21-23H,1,7,17-18,20H2,2-6,8-9H3,(H,38,39). The van der Waals surface area contributed by atoms with Crippen LogP contribution in [0.2, 0.25) is 0 Å². The van der Waals surface area contributed by atoms with E-state index in [4.69, 9.17) is 9.73 Å². The Morgan fingerprint density at radius 2 is 1.86 bits per heavy atom. The normalized spacial score (nSPS) is 16.0. The fourth-order valence-corrected chi connectivity index (χ4v) is 5.82. The molecular formula is C35H43F2N5OS. The highest BCUT2D eigenvalue weighted by Crippen LogP contribution is 2.39. The van der Waals surface area contributed by atoms with Crippen molar-refractivity contribution in [2.75, 3.05) is 38.3 Å². The van der Waals surface area contributed by atoms with Crippen LogP contribution in [0.3, 0.4) is 0 Å². The molecule has 1 N–H and O–H groups in total. The minimum atomic E-state index is -0.698. The maximum Gasteiger partial charge on any atom is 0.150 e. The molecule has 2 aromatic carbocycles. The number of para-hydroxylation sites is 1. The molecule has 1 aromatic heterocycles. The maximum absolute atomic E-state index is 16.3. The van der Waals surface area contributed by atoms with Crippen LogP contribution in [-0.2, 0) is 0 Å². The average molecular weight is 620 g/mol. The van der Waals surface area contributed by atoms with Gasteiger partial charge in [-0.2, -0.15) is 0 Å². The van der Waals surface area contributed by atoms with Crippen molar-refractivity contribution in [1.82, 2.24) is 14.8 Å². The first-order valence-corrected chi connectivity index (χ1v) is 16.1. The van der Waals surface area contributed by atoms with E-state index in [1.54, 1.807) is 17.8 Å². The maximum atomic E-state index is 16.3. The van der Waals surface area contributed by atoms with Crippen LogP contribution in [0.25, 0.3) is 11.3 Å². The fourth-order valence-electron chi connectivity index (χ4n) is 5.25. The molecule has 4 rings (SSSR count). The lowest BCUT2D eigenvalue weighted by atomic mass is 10.0. The Hall–Kier alpha value is -3.69. The lowest BCUT2D eigenvalue weighted by molar-refractivity contribution is 0.162. The lowest BCUT2D eigenvalue weighted by Crippen LogP contribution is -2.53. The Morgan fingerprint density at radius 1 is 1.14 bits per heavy atom. The zero-order valence-electron chi connectivity index (χ0n) is 26.7. The third-order valence-electron chi connectivity index (χ3n) is 7.75. The van der Waals surface area contributed by atoms with Gasteiger partial charge >= 0.3 is 0 Å². The monoisotopic (exact) mass is 619 g/mol. The Bertz CT molecular complexity index is 1550. The predicted octanol–water partition coefficient (Wildman–Crippen LogP) is 8.69. The number of rotatable bonds is 10. The molecule has 6 nitrogen and oxygen atoms in total. The van der Waals surface area contributed by atoms with Crippen molar-refractivity contribution in [3.05, 3.63) is 90.3 Å². The summed E-state index contributed by atoms with van der Waals surface area (Å²) in [7, 11) is 2.09.